The maximum absolute atomic E-state index is 13.3. The summed E-state index contributed by atoms with van der Waals surface area (Å²) in [5.74, 6) is -6.48. The number of carbonyl (C=O) groups is 4. The molecule has 4 atom stereocenters. The van der Waals surface area contributed by atoms with Gasteiger partial charge in [0.2, 0.25) is 0 Å². The van der Waals surface area contributed by atoms with E-state index in [1.807, 2.05) is 13.8 Å². The molecule has 0 bridgehead atoms. The first-order valence-electron chi connectivity index (χ1n) is 15.1. The van der Waals surface area contributed by atoms with Crippen molar-refractivity contribution in [2.24, 2.45) is 33.5 Å². The molecule has 4 rings (SSSR count). The molecule has 2 aliphatic carbocycles. The fraction of sp³-hybridized carbons (Fsp3) is 0.529. The Hall–Kier alpha value is -1.94. The molecule has 2 saturated carbocycles. The molecular weight excluding hydrogens is 749 g/mol. The van der Waals surface area contributed by atoms with E-state index < -0.39 is 46.5 Å². The normalized spacial score (nSPS) is 23.0. The molecule has 0 saturated heterocycles. The highest BCUT2D eigenvalue weighted by atomic mass is 35.5. The minimum absolute atomic E-state index is 0.0189. The molecule has 262 valence electrons. The number of hydrogen-bond donors (Lipinski definition) is 0. The number of benzene rings is 2. The van der Waals surface area contributed by atoms with Crippen molar-refractivity contribution in [3.05, 3.63) is 53.4 Å². The summed E-state index contributed by atoms with van der Waals surface area (Å²) < 4.78 is 21.5. The molecule has 2 aromatic rings. The van der Waals surface area contributed by atoms with Crippen molar-refractivity contribution in [2.75, 3.05) is 13.2 Å². The Balaban J connectivity index is 1.54. The van der Waals surface area contributed by atoms with Crippen molar-refractivity contribution >= 4 is 93.5 Å². The van der Waals surface area contributed by atoms with E-state index in [0.29, 0.717) is 0 Å². The lowest BCUT2D eigenvalue weighted by atomic mass is 9.86. The second-order valence-corrected chi connectivity index (χ2v) is 16.8. The molecule has 0 N–H and O–H groups in total. The van der Waals surface area contributed by atoms with Crippen LogP contribution >= 0.6 is 69.6 Å². The average molecular weight is 785 g/mol. The third-order valence-corrected chi connectivity index (χ3v) is 12.9. The fourth-order valence-corrected chi connectivity index (χ4v) is 7.77. The molecule has 2 aliphatic rings. The summed E-state index contributed by atoms with van der Waals surface area (Å²) in [7, 11) is 0. The van der Waals surface area contributed by atoms with Gasteiger partial charge < -0.3 is 18.9 Å². The monoisotopic (exact) mass is 782 g/mol. The number of esters is 4. The van der Waals surface area contributed by atoms with E-state index in [9.17, 15) is 19.2 Å². The standard InChI is InChI=1S/C34H36Cl6O8/c1-15(33(7)13-31(33,3)4)11-45-27(41)21-23(39)17(35)9-19(37)25(21)47-29(43)30(44)48-26-20(38)10-18(36)24(40)22(26)28(42)46-12-16(2)34(8)14-32(34,5)6/h9-10,15-16H,11-14H2,1-8H3. The third kappa shape index (κ3) is 7.26. The highest BCUT2D eigenvalue weighted by Gasteiger charge is 2.61. The number of halogens is 6. The smallest absolute Gasteiger partial charge is 0.423 e. The van der Waals surface area contributed by atoms with Crippen molar-refractivity contribution in [2.45, 2.75) is 68.2 Å². The van der Waals surface area contributed by atoms with Gasteiger partial charge in [-0.15, -0.1) is 0 Å². The van der Waals surface area contributed by atoms with Crippen LogP contribution in [0.15, 0.2) is 12.1 Å². The first-order valence-corrected chi connectivity index (χ1v) is 17.4. The summed E-state index contributed by atoms with van der Waals surface area (Å²) in [4.78, 5) is 52.6. The molecule has 4 unspecified atom stereocenters. The Labute approximate surface area is 309 Å². The van der Waals surface area contributed by atoms with E-state index in [-0.39, 0.29) is 76.8 Å². The number of hydrogen-bond acceptors (Lipinski definition) is 8. The van der Waals surface area contributed by atoms with Crippen LogP contribution in [0.5, 0.6) is 11.5 Å². The summed E-state index contributed by atoms with van der Waals surface area (Å²) in [6.07, 6.45) is 1.90. The zero-order valence-corrected chi connectivity index (χ0v) is 32.2. The van der Waals surface area contributed by atoms with Gasteiger partial charge in [-0.05, 0) is 58.5 Å². The molecule has 14 heteroatoms. The molecule has 48 heavy (non-hydrogen) atoms. The van der Waals surface area contributed by atoms with Gasteiger partial charge in [0.05, 0.1) is 43.3 Å². The van der Waals surface area contributed by atoms with Gasteiger partial charge >= 0.3 is 23.9 Å². The van der Waals surface area contributed by atoms with Crippen LogP contribution in [0.1, 0.15) is 88.9 Å². The lowest BCUT2D eigenvalue weighted by Crippen LogP contribution is -2.28. The SMILES string of the molecule is CC(COC(=O)c1c(Cl)c(Cl)cc(Cl)c1OC(=O)C(=O)Oc1c(Cl)cc(Cl)c(Cl)c1C(=O)OCC(C)C1(C)CC1(C)C)C1(C)CC1(C)C. The van der Waals surface area contributed by atoms with E-state index in [1.54, 1.807) is 0 Å². The first-order chi connectivity index (χ1) is 22.0. The Kier molecular flexibility index (Phi) is 11.0. The van der Waals surface area contributed by atoms with E-state index in [0.717, 1.165) is 25.0 Å². The number of carbonyl (C=O) groups excluding carboxylic acids is 4. The molecule has 0 aromatic heterocycles. The highest BCUT2D eigenvalue weighted by Crippen LogP contribution is 2.68. The Morgan fingerprint density at radius 1 is 0.604 bits per heavy atom. The maximum atomic E-state index is 13.3. The van der Waals surface area contributed by atoms with Gasteiger partial charge in [-0.2, -0.15) is 0 Å². The molecule has 0 radical (unpaired) electrons. The van der Waals surface area contributed by atoms with Crippen LogP contribution in [-0.2, 0) is 19.1 Å². The Bertz CT molecular complexity index is 1580. The van der Waals surface area contributed by atoms with Crippen molar-refractivity contribution in [1.29, 1.82) is 0 Å². The quantitative estimate of drug-likeness (QED) is 0.101. The van der Waals surface area contributed by atoms with Crippen LogP contribution in [0.25, 0.3) is 0 Å². The molecule has 0 aliphatic heterocycles. The number of ether oxygens (including phenoxy) is 4. The van der Waals surface area contributed by atoms with Crippen LogP contribution in [0.3, 0.4) is 0 Å². The van der Waals surface area contributed by atoms with Crippen molar-refractivity contribution < 1.29 is 38.1 Å². The maximum Gasteiger partial charge on any atom is 0.423 e. The van der Waals surface area contributed by atoms with Crippen LogP contribution < -0.4 is 9.47 Å². The molecular formula is C34H36Cl6O8. The van der Waals surface area contributed by atoms with Crippen LogP contribution in [0, 0.1) is 33.5 Å². The molecule has 0 spiro atoms. The molecule has 0 amide bonds. The zero-order valence-electron chi connectivity index (χ0n) is 27.7. The Morgan fingerprint density at radius 2 is 0.896 bits per heavy atom. The van der Waals surface area contributed by atoms with Gasteiger partial charge in [-0.25, -0.2) is 19.2 Å². The van der Waals surface area contributed by atoms with Crippen LogP contribution in [-0.4, -0.2) is 37.1 Å². The molecule has 0 heterocycles. The molecule has 8 nitrogen and oxygen atoms in total. The van der Waals surface area contributed by atoms with Gasteiger partial charge in [0.1, 0.15) is 11.1 Å². The summed E-state index contributed by atoms with van der Waals surface area (Å²) in [5.41, 5.74) is -0.889. The zero-order chi connectivity index (χ0) is 36.3. The summed E-state index contributed by atoms with van der Waals surface area (Å²) in [6.45, 7) is 16.7. The largest absolute Gasteiger partial charge is 0.462 e. The van der Waals surface area contributed by atoms with Gasteiger partial charge in [0.15, 0.2) is 11.5 Å². The van der Waals surface area contributed by atoms with Crippen LogP contribution in [0.4, 0.5) is 0 Å². The Morgan fingerprint density at radius 3 is 1.17 bits per heavy atom. The van der Waals surface area contributed by atoms with Crippen molar-refractivity contribution in [3.8, 4) is 11.5 Å². The summed E-state index contributed by atoms with van der Waals surface area (Å²) >= 11 is 37.6. The minimum atomic E-state index is -1.65. The highest BCUT2D eigenvalue weighted by molar-refractivity contribution is 6.47. The van der Waals surface area contributed by atoms with E-state index in [2.05, 4.69) is 41.5 Å². The molecule has 2 aromatic carbocycles. The van der Waals surface area contributed by atoms with Gasteiger partial charge in [0.25, 0.3) is 0 Å². The van der Waals surface area contributed by atoms with E-state index >= 15 is 0 Å². The average Bonchev–Trinajstić information content (AvgIpc) is 3.74. The lowest BCUT2D eigenvalue weighted by Gasteiger charge is -2.23. The van der Waals surface area contributed by atoms with Gasteiger partial charge in [-0.3, -0.25) is 0 Å². The summed E-state index contributed by atoms with van der Waals surface area (Å²) in [5, 5.41) is -1.53. The third-order valence-electron chi connectivity index (χ3n) is 10.8. The molecule has 2 fully saturated rings. The van der Waals surface area contributed by atoms with Crippen molar-refractivity contribution in [1.82, 2.24) is 0 Å². The van der Waals surface area contributed by atoms with E-state index in [1.165, 1.54) is 0 Å². The van der Waals surface area contributed by atoms with Crippen molar-refractivity contribution in [3.63, 3.8) is 0 Å². The minimum Gasteiger partial charge on any atom is -0.462 e. The second-order valence-electron chi connectivity index (χ2n) is 14.5. The lowest BCUT2D eigenvalue weighted by molar-refractivity contribution is -0.156. The first kappa shape index (κ1) is 38.9. The fourth-order valence-electron chi connectivity index (χ4n) is 6.33. The second kappa shape index (κ2) is 13.6. The van der Waals surface area contributed by atoms with Crippen LogP contribution in [0.2, 0.25) is 30.1 Å². The van der Waals surface area contributed by atoms with Gasteiger partial charge in [-0.1, -0.05) is 125 Å². The predicted molar refractivity (Wildman–Crippen MR) is 186 cm³/mol. The topological polar surface area (TPSA) is 105 Å². The van der Waals surface area contributed by atoms with E-state index in [4.69, 9.17) is 88.6 Å². The predicted octanol–water partition coefficient (Wildman–Crippen LogP) is 10.6. The van der Waals surface area contributed by atoms with Gasteiger partial charge in [0, 0.05) is 0 Å². The summed E-state index contributed by atoms with van der Waals surface area (Å²) in [6, 6.07) is 2.25. The number of rotatable bonds is 10.